The lowest BCUT2D eigenvalue weighted by Gasteiger charge is -2.11. The minimum atomic E-state index is -0.304. The van der Waals surface area contributed by atoms with Crippen LogP contribution in [-0.4, -0.2) is 17.1 Å². The molecule has 0 saturated carbocycles. The fraction of sp³-hybridized carbons (Fsp3) is 1.00. The highest BCUT2D eigenvalue weighted by molar-refractivity contribution is 6.18. The summed E-state index contributed by atoms with van der Waals surface area (Å²) < 4.78 is 0. The molecule has 0 aliphatic carbocycles. The molecular weight excluding hydrogens is 136 g/mol. The lowest BCUT2D eigenvalue weighted by atomic mass is 10.0. The Kier molecular flexibility index (Phi) is 5.21. The first-order chi connectivity index (χ1) is 4.20. The summed E-state index contributed by atoms with van der Waals surface area (Å²) in [5, 5.41) is 9.03. The summed E-state index contributed by atoms with van der Waals surface area (Å²) in [6, 6.07) is 0. The van der Waals surface area contributed by atoms with Crippen molar-refractivity contribution in [3.8, 4) is 0 Å². The molecule has 56 valence electrons. The summed E-state index contributed by atoms with van der Waals surface area (Å²) in [7, 11) is 0. The van der Waals surface area contributed by atoms with E-state index in [-0.39, 0.29) is 6.10 Å². The lowest BCUT2D eigenvalue weighted by molar-refractivity contribution is 0.166. The highest BCUT2D eigenvalue weighted by Gasteiger charge is 2.06. The van der Waals surface area contributed by atoms with E-state index in [0.29, 0.717) is 11.8 Å². The van der Waals surface area contributed by atoms with E-state index >= 15 is 0 Å². The SMILES string of the molecule is CCC(C)CC(O)CCl. The first kappa shape index (κ1) is 9.25. The molecule has 0 bridgehead atoms. The average Bonchev–Trinajstić information content (AvgIpc) is 1.87. The normalized spacial score (nSPS) is 17.3. The zero-order chi connectivity index (χ0) is 7.28. The van der Waals surface area contributed by atoms with Gasteiger partial charge in [-0.15, -0.1) is 11.6 Å². The third kappa shape index (κ3) is 4.73. The van der Waals surface area contributed by atoms with Crippen molar-refractivity contribution in [2.24, 2.45) is 5.92 Å². The van der Waals surface area contributed by atoms with E-state index in [9.17, 15) is 0 Å². The van der Waals surface area contributed by atoms with Crippen molar-refractivity contribution in [3.63, 3.8) is 0 Å². The highest BCUT2D eigenvalue weighted by Crippen LogP contribution is 2.09. The Balaban J connectivity index is 3.22. The highest BCUT2D eigenvalue weighted by atomic mass is 35.5. The second-order valence-corrected chi connectivity index (χ2v) is 2.87. The maximum absolute atomic E-state index is 9.03. The summed E-state index contributed by atoms with van der Waals surface area (Å²) in [5.74, 6) is 0.961. The molecule has 2 unspecified atom stereocenters. The largest absolute Gasteiger partial charge is 0.392 e. The minimum absolute atomic E-state index is 0.304. The van der Waals surface area contributed by atoms with Crippen LogP contribution in [0, 0.1) is 5.92 Å². The Hall–Kier alpha value is 0.250. The summed E-state index contributed by atoms with van der Waals surface area (Å²) in [5.41, 5.74) is 0. The van der Waals surface area contributed by atoms with E-state index in [1.807, 2.05) is 0 Å². The second-order valence-electron chi connectivity index (χ2n) is 2.56. The molecule has 0 amide bonds. The molecule has 0 aromatic carbocycles. The van der Waals surface area contributed by atoms with Crippen molar-refractivity contribution in [1.82, 2.24) is 0 Å². The fourth-order valence-corrected chi connectivity index (χ4v) is 0.820. The molecule has 0 saturated heterocycles. The van der Waals surface area contributed by atoms with Crippen LogP contribution in [0.2, 0.25) is 0 Å². The Bertz CT molecular complexity index is 57.9. The van der Waals surface area contributed by atoms with E-state index < -0.39 is 0 Å². The van der Waals surface area contributed by atoms with Gasteiger partial charge in [0.2, 0.25) is 0 Å². The van der Waals surface area contributed by atoms with Gasteiger partial charge < -0.3 is 5.11 Å². The van der Waals surface area contributed by atoms with Gasteiger partial charge in [0.05, 0.1) is 6.10 Å². The van der Waals surface area contributed by atoms with Gasteiger partial charge >= 0.3 is 0 Å². The van der Waals surface area contributed by atoms with Crippen LogP contribution in [0.4, 0.5) is 0 Å². The van der Waals surface area contributed by atoms with E-state index in [4.69, 9.17) is 16.7 Å². The van der Waals surface area contributed by atoms with Crippen LogP contribution < -0.4 is 0 Å². The first-order valence-corrected chi connectivity index (χ1v) is 3.98. The molecule has 0 aliphatic heterocycles. The second kappa shape index (κ2) is 5.07. The maximum atomic E-state index is 9.03. The Labute approximate surface area is 62.0 Å². The zero-order valence-electron chi connectivity index (χ0n) is 6.10. The number of aliphatic hydroxyl groups is 1. The van der Waals surface area contributed by atoms with Crippen LogP contribution in [0.15, 0.2) is 0 Å². The number of rotatable bonds is 4. The predicted molar refractivity (Wildman–Crippen MR) is 40.8 cm³/mol. The average molecular weight is 151 g/mol. The third-order valence-electron chi connectivity index (χ3n) is 1.55. The lowest BCUT2D eigenvalue weighted by Crippen LogP contribution is -2.12. The monoisotopic (exact) mass is 150 g/mol. The van der Waals surface area contributed by atoms with Gasteiger partial charge in [-0.2, -0.15) is 0 Å². The van der Waals surface area contributed by atoms with Crippen LogP contribution in [0.25, 0.3) is 0 Å². The zero-order valence-corrected chi connectivity index (χ0v) is 6.86. The molecule has 2 heteroatoms. The van der Waals surface area contributed by atoms with Crippen LogP contribution >= 0.6 is 11.6 Å². The smallest absolute Gasteiger partial charge is 0.0678 e. The van der Waals surface area contributed by atoms with Gasteiger partial charge in [0.15, 0.2) is 0 Å². The van der Waals surface area contributed by atoms with Crippen molar-refractivity contribution in [2.75, 3.05) is 5.88 Å². The van der Waals surface area contributed by atoms with Gasteiger partial charge in [0.1, 0.15) is 0 Å². The molecule has 0 aromatic heterocycles. The van der Waals surface area contributed by atoms with Gasteiger partial charge in [0, 0.05) is 5.88 Å². The van der Waals surface area contributed by atoms with Crippen molar-refractivity contribution in [1.29, 1.82) is 0 Å². The summed E-state index contributed by atoms with van der Waals surface area (Å²) in [6.45, 7) is 4.24. The third-order valence-corrected chi connectivity index (χ3v) is 1.91. The van der Waals surface area contributed by atoms with Gasteiger partial charge in [0.25, 0.3) is 0 Å². The molecule has 0 radical (unpaired) electrons. The maximum Gasteiger partial charge on any atom is 0.0678 e. The molecular formula is C7H15ClO. The Morgan fingerprint density at radius 3 is 2.44 bits per heavy atom. The molecule has 1 N–H and O–H groups in total. The van der Waals surface area contributed by atoms with Crippen molar-refractivity contribution in [2.45, 2.75) is 32.8 Å². The van der Waals surface area contributed by atoms with Gasteiger partial charge in [-0.25, -0.2) is 0 Å². The first-order valence-electron chi connectivity index (χ1n) is 3.44. The predicted octanol–water partition coefficient (Wildman–Crippen LogP) is 2.02. The van der Waals surface area contributed by atoms with Crippen LogP contribution in [0.1, 0.15) is 26.7 Å². The molecule has 2 atom stereocenters. The van der Waals surface area contributed by atoms with E-state index in [2.05, 4.69) is 13.8 Å². The number of hydrogen-bond acceptors (Lipinski definition) is 1. The molecule has 0 aromatic rings. The molecule has 0 spiro atoms. The van der Waals surface area contributed by atoms with E-state index in [1.165, 1.54) is 0 Å². The number of halogens is 1. The van der Waals surface area contributed by atoms with Crippen LogP contribution in [0.3, 0.4) is 0 Å². The topological polar surface area (TPSA) is 20.2 Å². The number of aliphatic hydroxyl groups excluding tert-OH is 1. The molecule has 0 rings (SSSR count). The number of alkyl halides is 1. The molecule has 0 fully saturated rings. The quantitative estimate of drug-likeness (QED) is 0.608. The summed E-state index contributed by atoms with van der Waals surface area (Å²) in [4.78, 5) is 0. The van der Waals surface area contributed by atoms with Gasteiger partial charge in [-0.05, 0) is 12.3 Å². The Morgan fingerprint density at radius 2 is 2.11 bits per heavy atom. The van der Waals surface area contributed by atoms with Gasteiger partial charge in [-0.3, -0.25) is 0 Å². The van der Waals surface area contributed by atoms with E-state index in [0.717, 1.165) is 12.8 Å². The van der Waals surface area contributed by atoms with Crippen molar-refractivity contribution < 1.29 is 5.11 Å². The van der Waals surface area contributed by atoms with E-state index in [1.54, 1.807) is 0 Å². The fourth-order valence-electron chi connectivity index (χ4n) is 0.694. The molecule has 0 heterocycles. The van der Waals surface area contributed by atoms with Crippen molar-refractivity contribution in [3.05, 3.63) is 0 Å². The summed E-state index contributed by atoms with van der Waals surface area (Å²) >= 11 is 5.40. The molecule has 1 nitrogen and oxygen atoms in total. The minimum Gasteiger partial charge on any atom is -0.392 e. The Morgan fingerprint density at radius 1 is 1.56 bits per heavy atom. The molecule has 0 aliphatic rings. The molecule has 9 heavy (non-hydrogen) atoms. The number of hydrogen-bond donors (Lipinski definition) is 1. The summed E-state index contributed by atoms with van der Waals surface area (Å²) in [6.07, 6.45) is 1.65. The van der Waals surface area contributed by atoms with Crippen LogP contribution in [0.5, 0.6) is 0 Å². The standard InChI is InChI=1S/C7H15ClO/c1-3-6(2)4-7(9)5-8/h6-7,9H,3-5H2,1-2H3. The van der Waals surface area contributed by atoms with Crippen LogP contribution in [-0.2, 0) is 0 Å². The van der Waals surface area contributed by atoms with Crippen molar-refractivity contribution >= 4 is 11.6 Å². The van der Waals surface area contributed by atoms with Gasteiger partial charge in [-0.1, -0.05) is 20.3 Å².